The van der Waals surface area contributed by atoms with Crippen LogP contribution in [0.3, 0.4) is 0 Å². The summed E-state index contributed by atoms with van der Waals surface area (Å²) in [6, 6.07) is 0.785. The highest BCUT2D eigenvalue weighted by Gasteiger charge is 2.18. The Kier molecular flexibility index (Phi) is 6.26. The molecule has 0 spiro atoms. The fourth-order valence-corrected chi connectivity index (χ4v) is 2.49. The summed E-state index contributed by atoms with van der Waals surface area (Å²) in [5.41, 5.74) is 0. The SMILES string of the molecule is CCCC(C)CNCC1CCCCN1C. The molecule has 0 saturated carbocycles. The maximum absolute atomic E-state index is 3.63. The van der Waals surface area contributed by atoms with Crippen LogP contribution in [0.15, 0.2) is 0 Å². The molecular weight excluding hydrogens is 184 g/mol. The van der Waals surface area contributed by atoms with Crippen molar-refractivity contribution in [3.05, 3.63) is 0 Å². The Morgan fingerprint density at radius 2 is 2.20 bits per heavy atom. The second-order valence-corrected chi connectivity index (χ2v) is 5.18. The molecule has 2 heteroatoms. The zero-order valence-corrected chi connectivity index (χ0v) is 10.8. The fraction of sp³-hybridized carbons (Fsp3) is 1.00. The van der Waals surface area contributed by atoms with Crippen molar-refractivity contribution in [2.45, 2.75) is 52.0 Å². The summed E-state index contributed by atoms with van der Waals surface area (Å²) in [6.07, 6.45) is 6.85. The van der Waals surface area contributed by atoms with Crippen molar-refractivity contribution in [3.8, 4) is 0 Å². The molecule has 1 aliphatic heterocycles. The number of nitrogens with zero attached hydrogens (tertiary/aromatic N) is 1. The van der Waals surface area contributed by atoms with Gasteiger partial charge >= 0.3 is 0 Å². The van der Waals surface area contributed by atoms with Crippen molar-refractivity contribution in [2.75, 3.05) is 26.7 Å². The molecule has 1 aliphatic rings. The van der Waals surface area contributed by atoms with Gasteiger partial charge in [0.1, 0.15) is 0 Å². The maximum atomic E-state index is 3.63. The summed E-state index contributed by atoms with van der Waals surface area (Å²) in [5.74, 6) is 0.837. The summed E-state index contributed by atoms with van der Waals surface area (Å²) in [6.45, 7) is 8.28. The predicted molar refractivity (Wildman–Crippen MR) is 67.2 cm³/mol. The molecule has 90 valence electrons. The number of hydrogen-bond donors (Lipinski definition) is 1. The maximum Gasteiger partial charge on any atom is 0.0217 e. The van der Waals surface area contributed by atoms with E-state index in [2.05, 4.69) is 31.1 Å². The molecule has 1 saturated heterocycles. The van der Waals surface area contributed by atoms with E-state index < -0.39 is 0 Å². The number of piperidine rings is 1. The average Bonchev–Trinajstić information content (AvgIpc) is 2.21. The lowest BCUT2D eigenvalue weighted by atomic mass is 10.0. The van der Waals surface area contributed by atoms with Gasteiger partial charge < -0.3 is 10.2 Å². The molecule has 0 amide bonds. The summed E-state index contributed by atoms with van der Waals surface area (Å²) in [5, 5.41) is 3.63. The summed E-state index contributed by atoms with van der Waals surface area (Å²) < 4.78 is 0. The van der Waals surface area contributed by atoms with E-state index in [1.807, 2.05) is 0 Å². The van der Waals surface area contributed by atoms with Crippen molar-refractivity contribution in [2.24, 2.45) is 5.92 Å². The molecule has 15 heavy (non-hydrogen) atoms. The van der Waals surface area contributed by atoms with Crippen LogP contribution in [-0.2, 0) is 0 Å². The van der Waals surface area contributed by atoms with Crippen LogP contribution in [0.2, 0.25) is 0 Å². The van der Waals surface area contributed by atoms with Gasteiger partial charge in [0, 0.05) is 12.6 Å². The predicted octanol–water partition coefficient (Wildman–Crippen LogP) is 2.50. The Morgan fingerprint density at radius 3 is 2.87 bits per heavy atom. The standard InChI is InChI=1S/C13H28N2/c1-4-7-12(2)10-14-11-13-8-5-6-9-15(13)3/h12-14H,4-11H2,1-3H3. The second kappa shape index (κ2) is 7.24. The Morgan fingerprint density at radius 1 is 1.40 bits per heavy atom. The highest BCUT2D eigenvalue weighted by atomic mass is 15.2. The smallest absolute Gasteiger partial charge is 0.0217 e. The lowest BCUT2D eigenvalue weighted by Gasteiger charge is -2.32. The molecule has 0 aromatic carbocycles. The van der Waals surface area contributed by atoms with Gasteiger partial charge in [-0.1, -0.05) is 26.7 Å². The van der Waals surface area contributed by atoms with E-state index in [1.54, 1.807) is 0 Å². The Bertz CT molecular complexity index is 159. The van der Waals surface area contributed by atoms with Crippen LogP contribution in [0.25, 0.3) is 0 Å². The van der Waals surface area contributed by atoms with E-state index in [0.29, 0.717) is 0 Å². The third-order valence-corrected chi connectivity index (χ3v) is 3.58. The second-order valence-electron chi connectivity index (χ2n) is 5.18. The van der Waals surface area contributed by atoms with Crippen molar-refractivity contribution in [1.82, 2.24) is 10.2 Å². The monoisotopic (exact) mass is 212 g/mol. The van der Waals surface area contributed by atoms with Crippen molar-refractivity contribution in [3.63, 3.8) is 0 Å². The molecular formula is C13H28N2. The van der Waals surface area contributed by atoms with Crippen LogP contribution in [0.4, 0.5) is 0 Å². The normalized spacial score (nSPS) is 25.4. The molecule has 1 fully saturated rings. The van der Waals surface area contributed by atoms with Crippen LogP contribution >= 0.6 is 0 Å². The lowest BCUT2D eigenvalue weighted by Crippen LogP contribution is -2.43. The largest absolute Gasteiger partial charge is 0.315 e. The summed E-state index contributed by atoms with van der Waals surface area (Å²) in [7, 11) is 2.26. The van der Waals surface area contributed by atoms with Crippen LogP contribution in [0.5, 0.6) is 0 Å². The van der Waals surface area contributed by atoms with Gasteiger partial charge in [-0.3, -0.25) is 0 Å². The lowest BCUT2D eigenvalue weighted by molar-refractivity contribution is 0.180. The molecule has 1 N–H and O–H groups in total. The first-order valence-electron chi connectivity index (χ1n) is 6.65. The summed E-state index contributed by atoms with van der Waals surface area (Å²) in [4.78, 5) is 2.51. The molecule has 0 aliphatic carbocycles. The first kappa shape index (κ1) is 13.0. The first-order valence-corrected chi connectivity index (χ1v) is 6.65. The van der Waals surface area contributed by atoms with E-state index in [1.165, 1.54) is 51.7 Å². The van der Waals surface area contributed by atoms with Gasteiger partial charge in [-0.15, -0.1) is 0 Å². The Labute approximate surface area is 95.4 Å². The van der Waals surface area contributed by atoms with Crippen molar-refractivity contribution < 1.29 is 0 Å². The van der Waals surface area contributed by atoms with Crippen LogP contribution < -0.4 is 5.32 Å². The fourth-order valence-electron chi connectivity index (χ4n) is 2.49. The number of likely N-dealkylation sites (N-methyl/N-ethyl adjacent to an activating group) is 1. The van der Waals surface area contributed by atoms with Gasteiger partial charge in [-0.2, -0.15) is 0 Å². The minimum atomic E-state index is 0.785. The van der Waals surface area contributed by atoms with Crippen LogP contribution in [0.1, 0.15) is 46.0 Å². The van der Waals surface area contributed by atoms with Crippen molar-refractivity contribution in [1.29, 1.82) is 0 Å². The van der Waals surface area contributed by atoms with Gasteiger partial charge in [0.25, 0.3) is 0 Å². The minimum Gasteiger partial charge on any atom is -0.315 e. The number of rotatable bonds is 6. The molecule has 0 aromatic heterocycles. The van der Waals surface area contributed by atoms with Crippen molar-refractivity contribution >= 4 is 0 Å². The van der Waals surface area contributed by atoms with E-state index >= 15 is 0 Å². The van der Waals surface area contributed by atoms with Crippen LogP contribution in [0, 0.1) is 5.92 Å². The topological polar surface area (TPSA) is 15.3 Å². The minimum absolute atomic E-state index is 0.785. The van der Waals surface area contributed by atoms with Gasteiger partial charge in [0.05, 0.1) is 0 Å². The van der Waals surface area contributed by atoms with Gasteiger partial charge in [-0.05, 0) is 45.3 Å². The summed E-state index contributed by atoms with van der Waals surface area (Å²) >= 11 is 0. The number of hydrogen-bond acceptors (Lipinski definition) is 2. The Balaban J connectivity index is 2.08. The molecule has 0 radical (unpaired) electrons. The molecule has 1 rings (SSSR count). The molecule has 2 unspecified atom stereocenters. The first-order chi connectivity index (χ1) is 7.24. The molecule has 2 atom stereocenters. The third kappa shape index (κ3) is 4.98. The molecule has 1 heterocycles. The zero-order valence-electron chi connectivity index (χ0n) is 10.8. The quantitative estimate of drug-likeness (QED) is 0.728. The molecule has 2 nitrogen and oxygen atoms in total. The van der Waals surface area contributed by atoms with E-state index in [4.69, 9.17) is 0 Å². The van der Waals surface area contributed by atoms with Gasteiger partial charge in [0.15, 0.2) is 0 Å². The average molecular weight is 212 g/mol. The van der Waals surface area contributed by atoms with E-state index in [9.17, 15) is 0 Å². The highest BCUT2D eigenvalue weighted by Crippen LogP contribution is 2.14. The highest BCUT2D eigenvalue weighted by molar-refractivity contribution is 4.76. The third-order valence-electron chi connectivity index (χ3n) is 3.58. The molecule has 0 bridgehead atoms. The zero-order chi connectivity index (χ0) is 11.1. The number of nitrogens with one attached hydrogen (secondary N) is 1. The Hall–Kier alpha value is -0.0800. The van der Waals surface area contributed by atoms with Crippen LogP contribution in [-0.4, -0.2) is 37.6 Å². The van der Waals surface area contributed by atoms with E-state index in [0.717, 1.165) is 12.0 Å². The van der Waals surface area contributed by atoms with E-state index in [-0.39, 0.29) is 0 Å². The van der Waals surface area contributed by atoms with Gasteiger partial charge in [0.2, 0.25) is 0 Å². The molecule has 0 aromatic rings. The van der Waals surface area contributed by atoms with Gasteiger partial charge in [-0.25, -0.2) is 0 Å². The number of likely N-dealkylation sites (tertiary alicyclic amines) is 1.